The van der Waals surface area contributed by atoms with E-state index in [1.807, 2.05) is 11.7 Å². The molecule has 4 nitrogen and oxygen atoms in total. The van der Waals surface area contributed by atoms with Gasteiger partial charge in [0.15, 0.2) is 0 Å². The normalized spacial score (nSPS) is 18.9. The molecule has 2 aromatic rings. The Morgan fingerprint density at radius 3 is 3.06 bits per heavy atom. The van der Waals surface area contributed by atoms with E-state index in [1.165, 1.54) is 24.2 Å². The van der Waals surface area contributed by atoms with Crippen LogP contribution in [-0.4, -0.2) is 19.7 Å². The first-order valence-electron chi connectivity index (χ1n) is 6.80. The number of fused-ring (bicyclic) bond motifs is 1. The van der Waals surface area contributed by atoms with Crippen LogP contribution in [0.25, 0.3) is 11.4 Å². The van der Waals surface area contributed by atoms with Crippen LogP contribution in [0.2, 0.25) is 0 Å². The van der Waals surface area contributed by atoms with Gasteiger partial charge in [-0.3, -0.25) is 4.68 Å². The molecule has 3 rings (SSSR count). The van der Waals surface area contributed by atoms with Crippen molar-refractivity contribution in [1.82, 2.24) is 19.7 Å². The number of imidazole rings is 1. The van der Waals surface area contributed by atoms with Crippen molar-refractivity contribution in [2.24, 2.45) is 7.05 Å². The minimum absolute atomic E-state index is 0.584. The average molecular weight is 244 g/mol. The Morgan fingerprint density at radius 1 is 1.50 bits per heavy atom. The minimum Gasteiger partial charge on any atom is -0.342 e. The third-order valence-corrected chi connectivity index (χ3v) is 3.84. The van der Waals surface area contributed by atoms with Crippen molar-refractivity contribution < 1.29 is 0 Å². The lowest BCUT2D eigenvalue weighted by Crippen LogP contribution is -2.05. The summed E-state index contributed by atoms with van der Waals surface area (Å²) < 4.78 is 1.87. The molecule has 1 atom stereocenters. The van der Waals surface area contributed by atoms with Crippen LogP contribution in [-0.2, 0) is 19.9 Å². The van der Waals surface area contributed by atoms with Crippen molar-refractivity contribution in [2.45, 2.75) is 45.4 Å². The molecule has 0 aliphatic heterocycles. The Kier molecular flexibility index (Phi) is 2.73. The van der Waals surface area contributed by atoms with Crippen molar-refractivity contribution in [1.29, 1.82) is 0 Å². The largest absolute Gasteiger partial charge is 0.342 e. The number of aryl methyl sites for hydroxylation is 3. The predicted octanol–water partition coefficient (Wildman–Crippen LogP) is 2.81. The van der Waals surface area contributed by atoms with Crippen LogP contribution in [0.3, 0.4) is 0 Å². The number of hydrogen-bond donors (Lipinski definition) is 1. The van der Waals surface area contributed by atoms with Crippen molar-refractivity contribution in [2.75, 3.05) is 0 Å². The van der Waals surface area contributed by atoms with Crippen LogP contribution in [0, 0.1) is 0 Å². The zero-order valence-electron chi connectivity index (χ0n) is 11.3. The molecule has 4 heteroatoms. The second-order valence-electron chi connectivity index (χ2n) is 5.26. The van der Waals surface area contributed by atoms with Crippen molar-refractivity contribution in [3.8, 4) is 11.4 Å². The summed E-state index contributed by atoms with van der Waals surface area (Å²) in [6, 6.07) is 0. The number of rotatable bonds is 2. The summed E-state index contributed by atoms with van der Waals surface area (Å²) in [6.07, 6.45) is 6.66. The predicted molar refractivity (Wildman–Crippen MR) is 71.5 cm³/mol. The highest BCUT2D eigenvalue weighted by Gasteiger charge is 2.22. The van der Waals surface area contributed by atoms with Crippen LogP contribution in [0.1, 0.15) is 49.7 Å². The first-order valence-corrected chi connectivity index (χ1v) is 6.80. The van der Waals surface area contributed by atoms with E-state index in [-0.39, 0.29) is 0 Å². The van der Waals surface area contributed by atoms with Crippen LogP contribution >= 0.6 is 0 Å². The molecule has 96 valence electrons. The number of nitrogens with zero attached hydrogens (tertiary/aromatic N) is 3. The third kappa shape index (κ3) is 1.76. The van der Waals surface area contributed by atoms with Gasteiger partial charge in [-0.25, -0.2) is 4.98 Å². The zero-order valence-corrected chi connectivity index (χ0v) is 11.3. The number of aromatic amines is 1. The maximum atomic E-state index is 4.82. The Balaban J connectivity index is 2.07. The van der Waals surface area contributed by atoms with Gasteiger partial charge in [0.05, 0.1) is 17.0 Å². The summed E-state index contributed by atoms with van der Waals surface area (Å²) in [6.45, 7) is 4.41. The first kappa shape index (κ1) is 11.5. The van der Waals surface area contributed by atoms with E-state index in [2.05, 4.69) is 30.1 Å². The number of H-pyrrole nitrogens is 1. The van der Waals surface area contributed by atoms with E-state index in [9.17, 15) is 0 Å². The highest BCUT2D eigenvalue weighted by molar-refractivity contribution is 5.58. The fourth-order valence-electron chi connectivity index (χ4n) is 2.86. The molecule has 0 saturated carbocycles. The molecule has 1 N–H and O–H groups in total. The molecule has 18 heavy (non-hydrogen) atoms. The Hall–Kier alpha value is -1.58. The van der Waals surface area contributed by atoms with Crippen molar-refractivity contribution in [3.05, 3.63) is 23.3 Å². The minimum atomic E-state index is 0.584. The highest BCUT2D eigenvalue weighted by Crippen LogP contribution is 2.32. The van der Waals surface area contributed by atoms with Crippen molar-refractivity contribution >= 4 is 0 Å². The lowest BCUT2D eigenvalue weighted by Gasteiger charge is -2.15. The Labute approximate surface area is 107 Å². The van der Waals surface area contributed by atoms with Crippen LogP contribution in [0.4, 0.5) is 0 Å². The molecular weight excluding hydrogens is 224 g/mol. The van der Waals surface area contributed by atoms with Gasteiger partial charge in [-0.15, -0.1) is 0 Å². The lowest BCUT2D eigenvalue weighted by atomic mass is 9.92. The van der Waals surface area contributed by atoms with Crippen LogP contribution in [0.15, 0.2) is 6.20 Å². The number of aromatic nitrogens is 4. The van der Waals surface area contributed by atoms with Gasteiger partial charge in [-0.1, -0.05) is 13.8 Å². The maximum absolute atomic E-state index is 4.82. The fraction of sp³-hybridized carbons (Fsp3) is 0.571. The molecule has 1 unspecified atom stereocenters. The summed E-state index contributed by atoms with van der Waals surface area (Å²) in [5, 5.41) is 4.49. The van der Waals surface area contributed by atoms with Gasteiger partial charge in [-0.2, -0.15) is 5.10 Å². The molecule has 2 aromatic heterocycles. The smallest absolute Gasteiger partial charge is 0.141 e. The van der Waals surface area contributed by atoms with Gasteiger partial charge in [0, 0.05) is 24.9 Å². The molecule has 0 amide bonds. The quantitative estimate of drug-likeness (QED) is 0.883. The van der Waals surface area contributed by atoms with Gasteiger partial charge in [0.1, 0.15) is 5.82 Å². The van der Waals surface area contributed by atoms with E-state index >= 15 is 0 Å². The summed E-state index contributed by atoms with van der Waals surface area (Å²) in [5.41, 5.74) is 4.87. The Morgan fingerprint density at radius 2 is 2.33 bits per heavy atom. The third-order valence-electron chi connectivity index (χ3n) is 3.84. The highest BCUT2D eigenvalue weighted by atomic mass is 15.3. The van der Waals surface area contributed by atoms with Gasteiger partial charge in [0.2, 0.25) is 0 Å². The van der Waals surface area contributed by atoms with Gasteiger partial charge in [0.25, 0.3) is 0 Å². The summed E-state index contributed by atoms with van der Waals surface area (Å²) in [7, 11) is 1.97. The molecule has 0 saturated heterocycles. The van der Waals surface area contributed by atoms with Crippen LogP contribution in [0.5, 0.6) is 0 Å². The molecule has 0 spiro atoms. The summed E-state index contributed by atoms with van der Waals surface area (Å²) >= 11 is 0. The zero-order chi connectivity index (χ0) is 12.7. The van der Waals surface area contributed by atoms with E-state index in [0.29, 0.717) is 5.92 Å². The van der Waals surface area contributed by atoms with E-state index in [1.54, 1.807) is 0 Å². The second kappa shape index (κ2) is 4.26. The molecule has 2 heterocycles. The average Bonchev–Trinajstić information content (AvgIpc) is 2.92. The molecule has 0 bridgehead atoms. The first-order chi connectivity index (χ1) is 8.69. The molecule has 0 aromatic carbocycles. The monoisotopic (exact) mass is 244 g/mol. The van der Waals surface area contributed by atoms with Gasteiger partial charge >= 0.3 is 0 Å². The van der Waals surface area contributed by atoms with E-state index in [4.69, 9.17) is 4.98 Å². The number of hydrogen-bond acceptors (Lipinski definition) is 2. The standard InChI is InChI=1S/C14H20N4/c1-4-11-10(8-18(3)17-11)14-15-12-7-5-6-9(2)13(12)16-14/h8-9H,4-7H2,1-3H3,(H,15,16). The molecule has 0 radical (unpaired) electrons. The molecule has 1 aliphatic rings. The van der Waals surface area contributed by atoms with Gasteiger partial charge in [-0.05, 0) is 25.7 Å². The lowest BCUT2D eigenvalue weighted by molar-refractivity contribution is 0.574. The van der Waals surface area contributed by atoms with E-state index < -0.39 is 0 Å². The Bertz CT molecular complexity index is 564. The SMILES string of the molecule is CCc1nn(C)cc1-c1nc2c([nH]1)CCCC2C. The maximum Gasteiger partial charge on any atom is 0.141 e. The van der Waals surface area contributed by atoms with Gasteiger partial charge < -0.3 is 4.98 Å². The summed E-state index contributed by atoms with van der Waals surface area (Å²) in [4.78, 5) is 8.32. The molecular formula is C14H20N4. The topological polar surface area (TPSA) is 46.5 Å². The molecule has 1 aliphatic carbocycles. The van der Waals surface area contributed by atoms with Crippen molar-refractivity contribution in [3.63, 3.8) is 0 Å². The summed E-state index contributed by atoms with van der Waals surface area (Å²) in [5.74, 6) is 1.58. The van der Waals surface area contributed by atoms with Crippen LogP contribution < -0.4 is 0 Å². The second-order valence-corrected chi connectivity index (χ2v) is 5.26. The van der Waals surface area contributed by atoms with E-state index in [0.717, 1.165) is 29.9 Å². The molecule has 0 fully saturated rings. The number of nitrogens with one attached hydrogen (secondary N) is 1. The fourth-order valence-corrected chi connectivity index (χ4v) is 2.86.